The van der Waals surface area contributed by atoms with Crippen molar-refractivity contribution in [3.8, 4) is 0 Å². The van der Waals surface area contributed by atoms with Crippen molar-refractivity contribution in [2.45, 2.75) is 18.6 Å². The summed E-state index contributed by atoms with van der Waals surface area (Å²) >= 11 is 2.51. The number of nitrogens with zero attached hydrogens (tertiary/aromatic N) is 2. The zero-order valence-electron chi connectivity index (χ0n) is 13.6. The molecule has 25 heavy (non-hydrogen) atoms. The van der Waals surface area contributed by atoms with Gasteiger partial charge in [0.15, 0.2) is 5.16 Å². The van der Waals surface area contributed by atoms with Gasteiger partial charge in [-0.3, -0.25) is 14.2 Å². The van der Waals surface area contributed by atoms with Crippen LogP contribution in [-0.2, 0) is 11.3 Å². The highest BCUT2D eigenvalue weighted by atomic mass is 32.2. The van der Waals surface area contributed by atoms with Crippen LogP contribution in [0.2, 0.25) is 0 Å². The molecule has 0 bridgehead atoms. The number of aryl methyl sites for hydroxylation is 1. The minimum Gasteiger partial charge on any atom is -0.395 e. The third-order valence-corrected chi connectivity index (χ3v) is 5.36. The van der Waals surface area contributed by atoms with E-state index in [1.54, 1.807) is 11.4 Å². The van der Waals surface area contributed by atoms with Gasteiger partial charge in [0.2, 0.25) is 5.91 Å². The lowest BCUT2D eigenvalue weighted by Gasteiger charge is -2.11. The van der Waals surface area contributed by atoms with Crippen molar-refractivity contribution in [2.75, 3.05) is 17.7 Å². The van der Waals surface area contributed by atoms with Gasteiger partial charge >= 0.3 is 0 Å². The van der Waals surface area contributed by atoms with Crippen molar-refractivity contribution in [2.24, 2.45) is 0 Å². The van der Waals surface area contributed by atoms with Crippen LogP contribution in [0.1, 0.15) is 5.56 Å². The average Bonchev–Trinajstić information content (AvgIpc) is 3.05. The summed E-state index contributed by atoms with van der Waals surface area (Å²) in [6.45, 7) is 1.95. The quantitative estimate of drug-likeness (QED) is 0.511. The molecule has 0 saturated carbocycles. The maximum absolute atomic E-state index is 12.5. The molecule has 6 nitrogen and oxygen atoms in total. The molecular formula is C17H17N3O3S2. The minimum absolute atomic E-state index is 0.126. The number of anilines is 1. The van der Waals surface area contributed by atoms with Crippen LogP contribution in [0.5, 0.6) is 0 Å². The predicted molar refractivity (Wildman–Crippen MR) is 101 cm³/mol. The Bertz CT molecular complexity index is 965. The highest BCUT2D eigenvalue weighted by Crippen LogP contribution is 2.21. The summed E-state index contributed by atoms with van der Waals surface area (Å²) in [6.07, 6.45) is 0. The minimum atomic E-state index is -0.185. The molecule has 2 N–H and O–H groups in total. The summed E-state index contributed by atoms with van der Waals surface area (Å²) in [5.74, 6) is -0.0487. The van der Waals surface area contributed by atoms with E-state index in [-0.39, 0.29) is 30.4 Å². The number of thiophene rings is 1. The molecule has 0 aliphatic rings. The Hall–Kier alpha value is -2.16. The van der Waals surface area contributed by atoms with Crippen LogP contribution in [0.3, 0.4) is 0 Å². The molecule has 0 spiro atoms. The molecule has 0 fully saturated rings. The van der Waals surface area contributed by atoms with Crippen molar-refractivity contribution < 1.29 is 9.90 Å². The first-order valence-electron chi connectivity index (χ1n) is 7.66. The zero-order valence-corrected chi connectivity index (χ0v) is 15.2. The molecule has 1 aromatic carbocycles. The van der Waals surface area contributed by atoms with Crippen molar-refractivity contribution >= 4 is 44.9 Å². The Morgan fingerprint density at radius 2 is 2.24 bits per heavy atom. The van der Waals surface area contributed by atoms with E-state index >= 15 is 0 Å². The van der Waals surface area contributed by atoms with Gasteiger partial charge in [-0.05, 0) is 36.1 Å². The summed E-state index contributed by atoms with van der Waals surface area (Å²) in [5.41, 5.74) is 2.23. The first-order chi connectivity index (χ1) is 12.1. The molecule has 2 heterocycles. The zero-order chi connectivity index (χ0) is 17.8. The molecule has 0 aliphatic heterocycles. The van der Waals surface area contributed by atoms with E-state index < -0.39 is 0 Å². The van der Waals surface area contributed by atoms with Gasteiger partial charge in [0, 0.05) is 5.69 Å². The number of fused-ring (bicyclic) bond motifs is 1. The van der Waals surface area contributed by atoms with Gasteiger partial charge in [-0.25, -0.2) is 4.98 Å². The predicted octanol–water partition coefficient (Wildman–Crippen LogP) is 2.49. The number of benzene rings is 1. The van der Waals surface area contributed by atoms with Gasteiger partial charge < -0.3 is 10.4 Å². The maximum Gasteiger partial charge on any atom is 0.272 e. The molecule has 2 aromatic heterocycles. The van der Waals surface area contributed by atoms with Crippen LogP contribution in [0.15, 0.2) is 45.7 Å². The Morgan fingerprint density at radius 3 is 3.00 bits per heavy atom. The Balaban J connectivity index is 1.77. The summed E-state index contributed by atoms with van der Waals surface area (Å²) in [6, 6.07) is 9.33. The van der Waals surface area contributed by atoms with Gasteiger partial charge in [-0.1, -0.05) is 23.9 Å². The lowest BCUT2D eigenvalue weighted by molar-refractivity contribution is -0.113. The Morgan fingerprint density at radius 1 is 1.40 bits per heavy atom. The maximum atomic E-state index is 12.5. The molecule has 0 saturated heterocycles. The number of nitrogens with one attached hydrogen (secondary N) is 1. The molecule has 1 amide bonds. The van der Waals surface area contributed by atoms with Crippen LogP contribution in [-0.4, -0.2) is 32.9 Å². The fraction of sp³-hybridized carbons (Fsp3) is 0.235. The van der Waals surface area contributed by atoms with Crippen molar-refractivity contribution in [1.82, 2.24) is 9.55 Å². The molecule has 3 aromatic rings. The normalized spacial score (nSPS) is 11.0. The number of carbonyl (C=O) groups excluding carboxylic acids is 1. The van der Waals surface area contributed by atoms with Gasteiger partial charge in [-0.2, -0.15) is 0 Å². The second-order valence-corrected chi connectivity index (χ2v) is 7.27. The first kappa shape index (κ1) is 17.7. The van der Waals surface area contributed by atoms with E-state index in [0.717, 1.165) is 11.3 Å². The van der Waals surface area contributed by atoms with Crippen LogP contribution in [0, 0.1) is 6.92 Å². The monoisotopic (exact) mass is 375 g/mol. The van der Waals surface area contributed by atoms with E-state index in [1.165, 1.54) is 27.7 Å². The number of aliphatic hydroxyl groups is 1. The van der Waals surface area contributed by atoms with E-state index in [2.05, 4.69) is 10.3 Å². The lowest BCUT2D eigenvalue weighted by atomic mass is 10.2. The fourth-order valence-electron chi connectivity index (χ4n) is 2.38. The van der Waals surface area contributed by atoms with E-state index in [1.807, 2.05) is 31.2 Å². The van der Waals surface area contributed by atoms with Gasteiger partial charge in [0.05, 0.1) is 24.4 Å². The van der Waals surface area contributed by atoms with Crippen LogP contribution in [0.4, 0.5) is 5.69 Å². The van der Waals surface area contributed by atoms with E-state index in [0.29, 0.717) is 15.4 Å². The highest BCUT2D eigenvalue weighted by molar-refractivity contribution is 7.99. The third kappa shape index (κ3) is 4.09. The first-order valence-corrected chi connectivity index (χ1v) is 9.53. The summed E-state index contributed by atoms with van der Waals surface area (Å²) < 4.78 is 1.98. The molecule has 8 heteroatoms. The van der Waals surface area contributed by atoms with Crippen LogP contribution >= 0.6 is 23.1 Å². The van der Waals surface area contributed by atoms with Crippen molar-refractivity contribution in [3.05, 3.63) is 51.6 Å². The second kappa shape index (κ2) is 7.81. The second-order valence-electron chi connectivity index (χ2n) is 5.42. The molecular weight excluding hydrogens is 358 g/mol. The number of aliphatic hydroxyl groups excluding tert-OH is 1. The lowest BCUT2D eigenvalue weighted by Crippen LogP contribution is -2.25. The Labute approximate surface area is 152 Å². The SMILES string of the molecule is Cc1cccc(NC(=O)CSc2nc3ccsc3c(=O)n2CCO)c1. The van der Waals surface area contributed by atoms with Crippen molar-refractivity contribution in [1.29, 1.82) is 0 Å². The van der Waals surface area contributed by atoms with Crippen LogP contribution < -0.4 is 10.9 Å². The fourth-order valence-corrected chi connectivity index (χ4v) is 3.98. The third-order valence-electron chi connectivity index (χ3n) is 3.49. The number of hydrogen-bond donors (Lipinski definition) is 2. The van der Waals surface area contributed by atoms with Gasteiger partial charge in [0.1, 0.15) is 4.70 Å². The molecule has 0 aliphatic carbocycles. The molecule has 0 radical (unpaired) electrons. The Kier molecular flexibility index (Phi) is 5.52. The number of amides is 1. The van der Waals surface area contributed by atoms with Crippen molar-refractivity contribution in [3.63, 3.8) is 0 Å². The summed E-state index contributed by atoms with van der Waals surface area (Å²) in [7, 11) is 0. The van der Waals surface area contributed by atoms with Gasteiger partial charge in [-0.15, -0.1) is 11.3 Å². The molecule has 0 unspecified atom stereocenters. The molecule has 3 rings (SSSR count). The number of hydrogen-bond acceptors (Lipinski definition) is 6. The molecule has 0 atom stereocenters. The van der Waals surface area contributed by atoms with E-state index in [9.17, 15) is 14.7 Å². The highest BCUT2D eigenvalue weighted by Gasteiger charge is 2.14. The number of rotatable bonds is 6. The van der Waals surface area contributed by atoms with Crippen LogP contribution in [0.25, 0.3) is 10.2 Å². The topological polar surface area (TPSA) is 84.2 Å². The largest absolute Gasteiger partial charge is 0.395 e. The summed E-state index contributed by atoms with van der Waals surface area (Å²) in [4.78, 5) is 29.1. The number of aromatic nitrogens is 2. The van der Waals surface area contributed by atoms with Gasteiger partial charge in [0.25, 0.3) is 5.56 Å². The summed E-state index contributed by atoms with van der Waals surface area (Å²) in [5, 5.41) is 14.3. The standard InChI is InChI=1S/C17H17N3O3S2/c1-11-3-2-4-12(9-11)18-14(22)10-25-17-19-13-5-8-24-15(13)16(23)20(17)6-7-21/h2-5,8-9,21H,6-7,10H2,1H3,(H,18,22). The number of thioether (sulfide) groups is 1. The average molecular weight is 375 g/mol. The molecule has 130 valence electrons. The number of carbonyl (C=O) groups is 1. The van der Waals surface area contributed by atoms with E-state index in [4.69, 9.17) is 0 Å². The smallest absolute Gasteiger partial charge is 0.272 e.